The van der Waals surface area contributed by atoms with Gasteiger partial charge in [-0.3, -0.25) is 9.59 Å². The Morgan fingerprint density at radius 3 is 2.48 bits per heavy atom. The van der Waals surface area contributed by atoms with E-state index in [9.17, 15) is 9.59 Å². The molecule has 0 aromatic heterocycles. The van der Waals surface area contributed by atoms with E-state index >= 15 is 0 Å². The molecule has 1 saturated heterocycles. The second-order valence-electron chi connectivity index (χ2n) is 7.18. The quantitative estimate of drug-likeness (QED) is 0.507. The molecule has 0 radical (unpaired) electrons. The fourth-order valence-electron chi connectivity index (χ4n) is 3.67. The first kappa shape index (κ1) is 19.7. The second-order valence-corrected chi connectivity index (χ2v) is 8.03. The van der Waals surface area contributed by atoms with E-state index in [0.717, 1.165) is 10.0 Å². The van der Waals surface area contributed by atoms with Crippen LogP contribution in [0.3, 0.4) is 0 Å². The minimum atomic E-state index is -0.0751. The maximum absolute atomic E-state index is 12.9. The van der Waals surface area contributed by atoms with Gasteiger partial charge in [0, 0.05) is 35.1 Å². The average Bonchev–Trinajstić information content (AvgIpc) is 2.77. The van der Waals surface area contributed by atoms with Crippen LogP contribution in [-0.4, -0.2) is 42.9 Å². The third-order valence-electron chi connectivity index (χ3n) is 5.31. The number of benzene rings is 2. The van der Waals surface area contributed by atoms with Crippen molar-refractivity contribution in [2.45, 2.75) is 12.8 Å². The maximum atomic E-state index is 12.9. The third-order valence-corrected chi connectivity index (χ3v) is 6.04. The Balaban J connectivity index is 1.35. The van der Waals surface area contributed by atoms with Crippen LogP contribution in [0.2, 0.25) is 0 Å². The zero-order valence-corrected chi connectivity index (χ0v) is 17.6. The minimum absolute atomic E-state index is 0.0222. The Labute approximate surface area is 178 Å². The summed E-state index contributed by atoms with van der Waals surface area (Å²) >= 11 is 3.48. The van der Waals surface area contributed by atoms with E-state index in [-0.39, 0.29) is 17.6 Å². The first-order valence-corrected chi connectivity index (χ1v) is 10.6. The number of amides is 1. The van der Waals surface area contributed by atoms with Crippen molar-refractivity contribution in [3.63, 3.8) is 0 Å². The zero-order valence-electron chi connectivity index (χ0n) is 16.0. The highest BCUT2D eigenvalue weighted by molar-refractivity contribution is 9.10. The molecule has 1 amide bonds. The lowest BCUT2D eigenvalue weighted by Gasteiger charge is -2.30. The number of carbonyl (C=O) groups is 2. The lowest BCUT2D eigenvalue weighted by molar-refractivity contribution is -0.127. The zero-order chi connectivity index (χ0) is 20.2. The number of ether oxygens (including phenoxy) is 2. The monoisotopic (exact) mass is 455 g/mol. The predicted octanol–water partition coefficient (Wildman–Crippen LogP) is 4.36. The molecule has 1 fully saturated rings. The van der Waals surface area contributed by atoms with Crippen LogP contribution < -0.4 is 9.47 Å². The van der Waals surface area contributed by atoms with E-state index in [1.54, 1.807) is 29.2 Å². The smallest absolute Gasteiger partial charge is 0.246 e. The van der Waals surface area contributed by atoms with Gasteiger partial charge in [0.2, 0.25) is 5.91 Å². The molecule has 0 bridgehead atoms. The molecule has 0 unspecified atom stereocenters. The molecular weight excluding hydrogens is 434 g/mol. The third kappa shape index (κ3) is 4.53. The molecule has 29 heavy (non-hydrogen) atoms. The van der Waals surface area contributed by atoms with Crippen LogP contribution in [0.1, 0.15) is 28.8 Å². The number of hydrogen-bond acceptors (Lipinski definition) is 4. The molecule has 2 aromatic rings. The van der Waals surface area contributed by atoms with E-state index in [0.29, 0.717) is 56.2 Å². The van der Waals surface area contributed by atoms with Crippen LogP contribution in [0.15, 0.2) is 53.0 Å². The standard InChI is InChI=1S/C23H22BrNO4/c24-19-4-2-1-3-16(19)6-8-22(26)25-11-9-17(10-12-25)23(27)18-5-7-20-21(15-18)29-14-13-28-20/h1-8,15,17H,9-14H2/b8-6+. The summed E-state index contributed by atoms with van der Waals surface area (Å²) < 4.78 is 12.0. The van der Waals surface area contributed by atoms with Crippen molar-refractivity contribution in [1.82, 2.24) is 4.90 Å². The number of piperidine rings is 1. The summed E-state index contributed by atoms with van der Waals surface area (Å²) in [6, 6.07) is 13.1. The number of hydrogen-bond donors (Lipinski definition) is 0. The van der Waals surface area contributed by atoms with E-state index in [1.165, 1.54) is 0 Å². The summed E-state index contributed by atoms with van der Waals surface area (Å²) in [5, 5.41) is 0. The molecule has 0 aliphatic carbocycles. The first-order valence-electron chi connectivity index (χ1n) is 9.77. The van der Waals surface area contributed by atoms with Gasteiger partial charge in [-0.15, -0.1) is 0 Å². The van der Waals surface area contributed by atoms with Gasteiger partial charge in [0.1, 0.15) is 13.2 Å². The predicted molar refractivity (Wildman–Crippen MR) is 114 cm³/mol. The van der Waals surface area contributed by atoms with E-state index in [2.05, 4.69) is 15.9 Å². The topological polar surface area (TPSA) is 55.8 Å². The molecule has 0 saturated carbocycles. The summed E-state index contributed by atoms with van der Waals surface area (Å²) in [5.41, 5.74) is 1.61. The normalized spacial score (nSPS) is 16.8. The second kappa shape index (κ2) is 8.82. The summed E-state index contributed by atoms with van der Waals surface area (Å²) in [6.07, 6.45) is 4.76. The first-order chi connectivity index (χ1) is 14.1. The maximum Gasteiger partial charge on any atom is 0.246 e. The largest absolute Gasteiger partial charge is 0.486 e. The lowest BCUT2D eigenvalue weighted by atomic mass is 9.88. The number of halogens is 1. The van der Waals surface area contributed by atoms with Gasteiger partial charge >= 0.3 is 0 Å². The van der Waals surface area contributed by atoms with Crippen LogP contribution in [-0.2, 0) is 4.79 Å². The summed E-state index contributed by atoms with van der Waals surface area (Å²) in [4.78, 5) is 27.2. The van der Waals surface area contributed by atoms with Crippen molar-refractivity contribution < 1.29 is 19.1 Å². The van der Waals surface area contributed by atoms with Crippen molar-refractivity contribution in [1.29, 1.82) is 0 Å². The van der Waals surface area contributed by atoms with Crippen molar-refractivity contribution >= 4 is 33.7 Å². The van der Waals surface area contributed by atoms with Gasteiger partial charge in [0.15, 0.2) is 17.3 Å². The summed E-state index contributed by atoms with van der Waals surface area (Å²) in [7, 11) is 0. The molecule has 2 heterocycles. The Morgan fingerprint density at radius 1 is 1.00 bits per heavy atom. The molecule has 0 atom stereocenters. The fraction of sp³-hybridized carbons (Fsp3) is 0.304. The van der Waals surface area contributed by atoms with Crippen LogP contribution in [0.4, 0.5) is 0 Å². The molecule has 2 aliphatic heterocycles. The molecular formula is C23H22BrNO4. The van der Waals surface area contributed by atoms with E-state index < -0.39 is 0 Å². The highest BCUT2D eigenvalue weighted by Gasteiger charge is 2.28. The number of fused-ring (bicyclic) bond motifs is 1. The van der Waals surface area contributed by atoms with Crippen molar-refractivity contribution in [3.8, 4) is 11.5 Å². The number of Topliss-reactive ketones (excluding diaryl/α,β-unsaturated/α-hetero) is 1. The number of likely N-dealkylation sites (tertiary alicyclic amines) is 1. The summed E-state index contributed by atoms with van der Waals surface area (Å²) in [5.74, 6) is 1.33. The number of ketones is 1. The van der Waals surface area contributed by atoms with Gasteiger partial charge in [0.05, 0.1) is 0 Å². The van der Waals surface area contributed by atoms with Gasteiger partial charge in [-0.05, 0) is 48.7 Å². The molecule has 5 nitrogen and oxygen atoms in total. The van der Waals surface area contributed by atoms with Crippen molar-refractivity contribution in [3.05, 3.63) is 64.1 Å². The molecule has 2 aromatic carbocycles. The van der Waals surface area contributed by atoms with Gasteiger partial charge in [-0.2, -0.15) is 0 Å². The Hall–Kier alpha value is -2.60. The van der Waals surface area contributed by atoms with Gasteiger partial charge in [-0.1, -0.05) is 34.1 Å². The highest BCUT2D eigenvalue weighted by atomic mass is 79.9. The van der Waals surface area contributed by atoms with Crippen molar-refractivity contribution in [2.24, 2.45) is 5.92 Å². The number of nitrogens with zero attached hydrogens (tertiary/aromatic N) is 1. The SMILES string of the molecule is O=C(c1ccc2c(c1)OCCO2)C1CCN(C(=O)/C=C/c2ccccc2Br)CC1. The van der Waals surface area contributed by atoms with Crippen LogP contribution >= 0.6 is 15.9 Å². The van der Waals surface area contributed by atoms with Crippen molar-refractivity contribution in [2.75, 3.05) is 26.3 Å². The summed E-state index contributed by atoms with van der Waals surface area (Å²) in [6.45, 7) is 2.20. The molecule has 2 aliphatic rings. The molecule has 0 spiro atoms. The van der Waals surface area contributed by atoms with Gasteiger partial charge < -0.3 is 14.4 Å². The van der Waals surface area contributed by atoms with Gasteiger partial charge in [-0.25, -0.2) is 0 Å². The van der Waals surface area contributed by atoms with Crippen LogP contribution in [0, 0.1) is 5.92 Å². The fourth-order valence-corrected chi connectivity index (χ4v) is 4.09. The Kier molecular flexibility index (Phi) is 6.00. The van der Waals surface area contributed by atoms with Crippen LogP contribution in [0.5, 0.6) is 11.5 Å². The molecule has 0 N–H and O–H groups in total. The van der Waals surface area contributed by atoms with Crippen LogP contribution in [0.25, 0.3) is 6.08 Å². The van der Waals surface area contributed by atoms with Gasteiger partial charge in [0.25, 0.3) is 0 Å². The Morgan fingerprint density at radius 2 is 1.72 bits per heavy atom. The number of carbonyl (C=O) groups excluding carboxylic acids is 2. The minimum Gasteiger partial charge on any atom is -0.486 e. The van der Waals surface area contributed by atoms with E-state index in [1.807, 2.05) is 30.3 Å². The molecule has 4 rings (SSSR count). The average molecular weight is 456 g/mol. The van der Waals surface area contributed by atoms with E-state index in [4.69, 9.17) is 9.47 Å². The molecule has 150 valence electrons. The molecule has 6 heteroatoms. The Bertz CT molecular complexity index is 948. The highest BCUT2D eigenvalue weighted by Crippen LogP contribution is 2.32. The lowest BCUT2D eigenvalue weighted by Crippen LogP contribution is -2.39. The number of rotatable bonds is 4.